The van der Waals surface area contributed by atoms with E-state index in [0.717, 1.165) is 17.7 Å². The van der Waals surface area contributed by atoms with Crippen LogP contribution in [-0.4, -0.2) is 31.6 Å². The predicted octanol–water partition coefficient (Wildman–Crippen LogP) is 4.27. The number of nitrogens with one attached hydrogen (secondary N) is 1. The first-order valence-electron chi connectivity index (χ1n) is 11.5. The van der Waals surface area contributed by atoms with Gasteiger partial charge in [0.25, 0.3) is 5.56 Å². The van der Waals surface area contributed by atoms with Crippen LogP contribution >= 0.6 is 11.3 Å². The van der Waals surface area contributed by atoms with E-state index in [0.29, 0.717) is 39.8 Å². The Balaban J connectivity index is 1.42. The van der Waals surface area contributed by atoms with E-state index < -0.39 is 0 Å². The van der Waals surface area contributed by atoms with E-state index in [1.54, 1.807) is 35.2 Å². The van der Waals surface area contributed by atoms with Gasteiger partial charge in [-0.2, -0.15) is 5.10 Å². The van der Waals surface area contributed by atoms with Gasteiger partial charge in [-0.05, 0) is 50.1 Å². The Morgan fingerprint density at radius 3 is 2.67 bits per heavy atom. The number of amides is 1. The third kappa shape index (κ3) is 4.70. The summed E-state index contributed by atoms with van der Waals surface area (Å²) in [4.78, 5) is 31.4. The summed E-state index contributed by atoms with van der Waals surface area (Å²) in [6.45, 7) is 4.12. The summed E-state index contributed by atoms with van der Waals surface area (Å²) >= 11 is 1.32. The van der Waals surface area contributed by atoms with Gasteiger partial charge in [-0.1, -0.05) is 36.4 Å². The zero-order valence-electron chi connectivity index (χ0n) is 19.9. The van der Waals surface area contributed by atoms with Crippen molar-refractivity contribution in [2.75, 3.05) is 6.54 Å². The summed E-state index contributed by atoms with van der Waals surface area (Å²) in [6, 6.07) is 17.8. The fraction of sp³-hybridized carbons (Fsp3) is 0.185. The molecule has 1 N–H and O–H groups in total. The minimum absolute atomic E-state index is 0.0651. The number of hydrogen-bond donors (Lipinski definition) is 1. The van der Waals surface area contributed by atoms with Crippen LogP contribution in [0.1, 0.15) is 22.6 Å². The van der Waals surface area contributed by atoms with Gasteiger partial charge < -0.3 is 5.32 Å². The van der Waals surface area contributed by atoms with Crippen molar-refractivity contribution in [2.45, 2.75) is 26.7 Å². The van der Waals surface area contributed by atoms with Gasteiger partial charge in [0.1, 0.15) is 11.5 Å². The summed E-state index contributed by atoms with van der Waals surface area (Å²) in [5.41, 5.74) is 4.11. The Kier molecular flexibility index (Phi) is 6.47. The fourth-order valence-electron chi connectivity index (χ4n) is 4.21. The van der Waals surface area contributed by atoms with Crippen molar-refractivity contribution in [3.63, 3.8) is 0 Å². The highest BCUT2D eigenvalue weighted by atomic mass is 32.1. The molecule has 0 aliphatic carbocycles. The minimum Gasteiger partial charge on any atom is -0.355 e. The van der Waals surface area contributed by atoms with Gasteiger partial charge in [-0.25, -0.2) is 14.1 Å². The highest BCUT2D eigenvalue weighted by Gasteiger charge is 2.20. The number of halogens is 1. The molecule has 3 aromatic heterocycles. The molecule has 9 heteroatoms. The van der Waals surface area contributed by atoms with Crippen molar-refractivity contribution >= 4 is 22.2 Å². The number of hydrogen-bond acceptors (Lipinski definition) is 5. The summed E-state index contributed by atoms with van der Waals surface area (Å²) < 4.78 is 16.8. The molecule has 0 radical (unpaired) electrons. The third-order valence-corrected chi connectivity index (χ3v) is 6.81. The van der Waals surface area contributed by atoms with Crippen LogP contribution in [0.4, 0.5) is 4.39 Å². The summed E-state index contributed by atoms with van der Waals surface area (Å²) in [7, 11) is 0. The second-order valence-electron chi connectivity index (χ2n) is 8.55. The molecule has 0 saturated heterocycles. The second-order valence-corrected chi connectivity index (χ2v) is 9.38. The number of rotatable bonds is 7. The average Bonchev–Trinajstić information content (AvgIpc) is 3.43. The van der Waals surface area contributed by atoms with Crippen LogP contribution < -0.4 is 10.9 Å². The maximum Gasteiger partial charge on any atom is 0.268 e. The van der Waals surface area contributed by atoms with Crippen LogP contribution in [0, 0.1) is 19.7 Å². The number of aryl methyl sites for hydroxylation is 2. The first-order valence-corrected chi connectivity index (χ1v) is 12.4. The number of carbonyl (C=O) groups excluding carboxylic acids is 1. The molecule has 36 heavy (non-hydrogen) atoms. The maximum atomic E-state index is 13.8. The molecule has 0 saturated carbocycles. The molecule has 3 heterocycles. The molecule has 5 aromatic rings. The van der Waals surface area contributed by atoms with Crippen LogP contribution in [0.25, 0.3) is 21.9 Å². The third-order valence-electron chi connectivity index (χ3n) is 5.94. The van der Waals surface area contributed by atoms with Crippen molar-refractivity contribution in [1.82, 2.24) is 24.5 Å². The molecule has 0 unspecified atom stereocenters. The minimum atomic E-state index is -0.367. The lowest BCUT2D eigenvalue weighted by molar-refractivity contribution is -0.120. The molecule has 0 spiro atoms. The first-order chi connectivity index (χ1) is 17.4. The Morgan fingerprint density at radius 2 is 1.89 bits per heavy atom. The number of fused-ring (bicyclic) bond motifs is 1. The van der Waals surface area contributed by atoms with E-state index in [9.17, 15) is 14.0 Å². The highest BCUT2D eigenvalue weighted by Crippen LogP contribution is 2.23. The number of carbonyl (C=O) groups is 1. The van der Waals surface area contributed by atoms with E-state index in [1.165, 1.54) is 27.9 Å². The topological polar surface area (TPSA) is 81.3 Å². The molecular weight excluding hydrogens is 477 g/mol. The van der Waals surface area contributed by atoms with Gasteiger partial charge >= 0.3 is 0 Å². The molecular formula is C27H24FN5O2S. The van der Waals surface area contributed by atoms with Crippen LogP contribution in [0.3, 0.4) is 0 Å². The molecule has 0 atom stereocenters. The van der Waals surface area contributed by atoms with Crippen LogP contribution in [-0.2, 0) is 17.6 Å². The molecule has 0 aliphatic rings. The van der Waals surface area contributed by atoms with Gasteiger partial charge in [0.2, 0.25) is 5.91 Å². The monoisotopic (exact) mass is 501 g/mol. The normalized spacial score (nSPS) is 11.2. The smallest absolute Gasteiger partial charge is 0.268 e. The number of aromatic nitrogens is 4. The molecule has 182 valence electrons. The van der Waals surface area contributed by atoms with Crippen molar-refractivity contribution in [3.05, 3.63) is 105 Å². The van der Waals surface area contributed by atoms with Gasteiger partial charge in [-0.15, -0.1) is 11.3 Å². The van der Waals surface area contributed by atoms with Gasteiger partial charge in [-0.3, -0.25) is 14.0 Å². The Labute approximate surface area is 210 Å². The molecule has 0 bridgehead atoms. The van der Waals surface area contributed by atoms with Crippen LogP contribution in [0.15, 0.2) is 70.8 Å². The SMILES string of the molecule is Cc1nc2scc(CC(=O)NCCc3ccccc3)n2c(=O)c1-c1cc(C)n(-c2cccc(F)c2)n1. The Hall–Kier alpha value is -4.11. The molecule has 1 amide bonds. The highest BCUT2D eigenvalue weighted by molar-refractivity contribution is 7.15. The van der Waals surface area contributed by atoms with Crippen molar-refractivity contribution < 1.29 is 9.18 Å². The second kappa shape index (κ2) is 9.87. The van der Waals surface area contributed by atoms with E-state index >= 15 is 0 Å². The average molecular weight is 502 g/mol. The number of thiazole rings is 1. The van der Waals surface area contributed by atoms with E-state index in [1.807, 2.05) is 37.3 Å². The van der Waals surface area contributed by atoms with Crippen LogP contribution in [0.5, 0.6) is 0 Å². The maximum absolute atomic E-state index is 13.8. The first kappa shape index (κ1) is 23.6. The zero-order chi connectivity index (χ0) is 25.2. The molecule has 0 fully saturated rings. The van der Waals surface area contributed by atoms with Crippen molar-refractivity contribution in [3.8, 4) is 16.9 Å². The lowest BCUT2D eigenvalue weighted by atomic mass is 10.1. The molecule has 7 nitrogen and oxygen atoms in total. The number of benzene rings is 2. The summed E-state index contributed by atoms with van der Waals surface area (Å²) in [6.07, 6.45) is 0.796. The fourth-order valence-corrected chi connectivity index (χ4v) is 5.13. The Morgan fingerprint density at radius 1 is 1.08 bits per heavy atom. The predicted molar refractivity (Wildman–Crippen MR) is 138 cm³/mol. The zero-order valence-corrected chi connectivity index (χ0v) is 20.7. The van der Waals surface area contributed by atoms with Crippen molar-refractivity contribution in [2.24, 2.45) is 0 Å². The van der Waals surface area contributed by atoms with Crippen molar-refractivity contribution in [1.29, 1.82) is 0 Å². The quantitative estimate of drug-likeness (QED) is 0.361. The van der Waals surface area contributed by atoms with E-state index in [2.05, 4.69) is 15.4 Å². The van der Waals surface area contributed by atoms with E-state index in [-0.39, 0.29) is 23.7 Å². The molecule has 2 aromatic carbocycles. The molecule has 5 rings (SSSR count). The lowest BCUT2D eigenvalue weighted by Gasteiger charge is -2.07. The number of nitrogens with zero attached hydrogens (tertiary/aromatic N) is 4. The van der Waals surface area contributed by atoms with Gasteiger partial charge in [0.05, 0.1) is 23.4 Å². The van der Waals surface area contributed by atoms with Gasteiger partial charge in [0, 0.05) is 23.3 Å². The summed E-state index contributed by atoms with van der Waals surface area (Å²) in [5.74, 6) is -0.529. The van der Waals surface area contributed by atoms with Crippen LogP contribution in [0.2, 0.25) is 0 Å². The largest absolute Gasteiger partial charge is 0.355 e. The summed E-state index contributed by atoms with van der Waals surface area (Å²) in [5, 5.41) is 9.31. The van der Waals surface area contributed by atoms with E-state index in [4.69, 9.17) is 0 Å². The van der Waals surface area contributed by atoms with Gasteiger partial charge in [0.15, 0.2) is 4.96 Å². The Bertz CT molecular complexity index is 1620. The molecule has 0 aliphatic heterocycles. The standard InChI is InChI=1S/C27H24FN5O2S/c1-17-13-23(31-33(17)21-10-6-9-20(28)14-21)25-18(2)30-27-32(26(25)35)22(16-36-27)15-24(34)29-12-11-19-7-4-3-5-8-19/h3-10,13-14,16H,11-12,15H2,1-2H3,(H,29,34). The lowest BCUT2D eigenvalue weighted by Crippen LogP contribution is -2.29.